The number of hydrogen-bond donors (Lipinski definition) is 2. The van der Waals surface area contributed by atoms with Crippen molar-refractivity contribution in [3.8, 4) is 0 Å². The van der Waals surface area contributed by atoms with Crippen LogP contribution < -0.4 is 10.2 Å². The van der Waals surface area contributed by atoms with E-state index >= 15 is 0 Å². The molecule has 0 saturated carbocycles. The van der Waals surface area contributed by atoms with E-state index in [1.54, 1.807) is 0 Å². The standard InChI is InChI=1S/C18H17Cl2N3O2S/c19-12-7-13(20)9-15(8-12)26(24,25)18-11-22-17-2-1-14(10-16(17)18)23-5-3-21-4-6-23/h1-2,7-11,21-22H,3-6H2. The highest BCUT2D eigenvalue weighted by Gasteiger charge is 2.23. The summed E-state index contributed by atoms with van der Waals surface area (Å²) in [6, 6.07) is 10.2. The molecule has 2 aromatic carbocycles. The first-order valence-electron chi connectivity index (χ1n) is 8.23. The van der Waals surface area contributed by atoms with Crippen LogP contribution >= 0.6 is 23.2 Å². The quantitative estimate of drug-likeness (QED) is 0.691. The van der Waals surface area contributed by atoms with Crippen LogP contribution in [-0.2, 0) is 9.84 Å². The van der Waals surface area contributed by atoms with Crippen molar-refractivity contribution in [1.82, 2.24) is 10.3 Å². The molecule has 2 N–H and O–H groups in total. The van der Waals surface area contributed by atoms with E-state index < -0.39 is 9.84 Å². The third-order valence-corrected chi connectivity index (χ3v) is 6.75. The molecule has 3 aromatic rings. The van der Waals surface area contributed by atoms with Gasteiger partial charge in [-0.1, -0.05) is 23.2 Å². The van der Waals surface area contributed by atoms with Crippen LogP contribution in [0.3, 0.4) is 0 Å². The average molecular weight is 410 g/mol. The number of halogens is 2. The Balaban J connectivity index is 1.82. The molecule has 26 heavy (non-hydrogen) atoms. The monoisotopic (exact) mass is 409 g/mol. The number of aromatic amines is 1. The van der Waals surface area contributed by atoms with E-state index in [-0.39, 0.29) is 19.8 Å². The van der Waals surface area contributed by atoms with E-state index in [0.29, 0.717) is 5.39 Å². The zero-order chi connectivity index (χ0) is 18.3. The van der Waals surface area contributed by atoms with Gasteiger partial charge in [-0.3, -0.25) is 0 Å². The fourth-order valence-corrected chi connectivity index (χ4v) is 5.38. The second-order valence-corrected chi connectivity index (χ2v) is 9.02. The largest absolute Gasteiger partial charge is 0.369 e. The molecular weight excluding hydrogens is 393 g/mol. The molecule has 8 heteroatoms. The van der Waals surface area contributed by atoms with Crippen molar-refractivity contribution in [1.29, 1.82) is 0 Å². The lowest BCUT2D eigenvalue weighted by molar-refractivity contribution is 0.589. The predicted octanol–water partition coefficient (Wildman–Crippen LogP) is 3.72. The molecule has 5 nitrogen and oxygen atoms in total. The van der Waals surface area contributed by atoms with Gasteiger partial charge in [0.2, 0.25) is 9.84 Å². The van der Waals surface area contributed by atoms with E-state index in [9.17, 15) is 8.42 Å². The molecular formula is C18H17Cl2N3O2S. The zero-order valence-electron chi connectivity index (χ0n) is 13.8. The Bertz CT molecular complexity index is 1050. The van der Waals surface area contributed by atoms with Crippen molar-refractivity contribution in [2.75, 3.05) is 31.1 Å². The summed E-state index contributed by atoms with van der Waals surface area (Å²) in [5.41, 5.74) is 1.79. The molecule has 0 atom stereocenters. The minimum atomic E-state index is -3.75. The number of sulfone groups is 1. The maximum Gasteiger partial charge on any atom is 0.208 e. The van der Waals surface area contributed by atoms with Crippen molar-refractivity contribution < 1.29 is 8.42 Å². The molecule has 0 unspecified atom stereocenters. The number of aromatic nitrogens is 1. The normalized spacial score (nSPS) is 15.5. The number of piperazine rings is 1. The van der Waals surface area contributed by atoms with Crippen LogP contribution in [0.2, 0.25) is 10.0 Å². The van der Waals surface area contributed by atoms with Crippen molar-refractivity contribution in [2.24, 2.45) is 0 Å². The van der Waals surface area contributed by atoms with E-state index in [1.165, 1.54) is 24.4 Å². The molecule has 1 aromatic heterocycles. The summed E-state index contributed by atoms with van der Waals surface area (Å²) >= 11 is 12.0. The maximum absolute atomic E-state index is 13.1. The molecule has 0 aliphatic carbocycles. The fraction of sp³-hybridized carbons (Fsp3) is 0.222. The van der Waals surface area contributed by atoms with Gasteiger partial charge < -0.3 is 15.2 Å². The van der Waals surface area contributed by atoms with Gasteiger partial charge >= 0.3 is 0 Å². The Morgan fingerprint density at radius 2 is 1.65 bits per heavy atom. The molecule has 1 aliphatic heterocycles. The Hall–Kier alpha value is -1.73. The summed E-state index contributed by atoms with van der Waals surface area (Å²) in [7, 11) is -3.75. The highest BCUT2D eigenvalue weighted by atomic mass is 35.5. The first-order valence-corrected chi connectivity index (χ1v) is 10.5. The molecule has 1 saturated heterocycles. The van der Waals surface area contributed by atoms with E-state index in [0.717, 1.165) is 37.4 Å². The number of nitrogens with one attached hydrogen (secondary N) is 2. The first-order chi connectivity index (χ1) is 12.4. The molecule has 2 heterocycles. The Labute approximate surface area is 161 Å². The second-order valence-electron chi connectivity index (χ2n) is 6.23. The van der Waals surface area contributed by atoms with Gasteiger partial charge in [0.1, 0.15) is 0 Å². The highest BCUT2D eigenvalue weighted by molar-refractivity contribution is 7.91. The van der Waals surface area contributed by atoms with Crippen molar-refractivity contribution in [2.45, 2.75) is 9.79 Å². The van der Waals surface area contributed by atoms with Gasteiger partial charge in [0, 0.05) is 59.0 Å². The summed E-state index contributed by atoms with van der Waals surface area (Å²) < 4.78 is 26.3. The third kappa shape index (κ3) is 3.18. The number of H-pyrrole nitrogens is 1. The lowest BCUT2D eigenvalue weighted by Crippen LogP contribution is -2.43. The Kier molecular flexibility index (Phi) is 4.61. The molecule has 1 fully saturated rings. The van der Waals surface area contributed by atoms with Gasteiger partial charge in [-0.15, -0.1) is 0 Å². The number of anilines is 1. The van der Waals surface area contributed by atoms with Gasteiger partial charge in [0.25, 0.3) is 0 Å². The summed E-state index contributed by atoms with van der Waals surface area (Å²) in [4.78, 5) is 5.60. The minimum Gasteiger partial charge on any atom is -0.369 e. The van der Waals surface area contributed by atoms with Gasteiger partial charge in [0.05, 0.1) is 9.79 Å². The SMILES string of the molecule is O=S(=O)(c1cc(Cl)cc(Cl)c1)c1c[nH]c2ccc(N3CCNCC3)cc12. The fourth-order valence-electron chi connectivity index (χ4n) is 3.24. The number of fused-ring (bicyclic) bond motifs is 1. The van der Waals surface area contributed by atoms with Crippen molar-refractivity contribution >= 4 is 49.6 Å². The van der Waals surface area contributed by atoms with Gasteiger partial charge in [-0.25, -0.2) is 8.42 Å². The number of benzene rings is 2. The van der Waals surface area contributed by atoms with Crippen LogP contribution in [0.25, 0.3) is 10.9 Å². The minimum absolute atomic E-state index is 0.0866. The van der Waals surface area contributed by atoms with E-state index in [4.69, 9.17) is 23.2 Å². The molecule has 0 radical (unpaired) electrons. The molecule has 136 valence electrons. The molecule has 0 bridgehead atoms. The zero-order valence-corrected chi connectivity index (χ0v) is 16.1. The van der Waals surface area contributed by atoms with Crippen molar-refractivity contribution in [3.63, 3.8) is 0 Å². The van der Waals surface area contributed by atoms with Crippen LogP contribution in [-0.4, -0.2) is 39.6 Å². The molecule has 4 rings (SSSR count). The van der Waals surface area contributed by atoms with Crippen LogP contribution in [0, 0.1) is 0 Å². The Morgan fingerprint density at radius 3 is 2.35 bits per heavy atom. The van der Waals surface area contributed by atoms with Gasteiger partial charge in [0.15, 0.2) is 0 Å². The number of rotatable bonds is 3. The summed E-state index contributed by atoms with van der Waals surface area (Å²) in [5, 5.41) is 4.56. The van der Waals surface area contributed by atoms with Crippen LogP contribution in [0.15, 0.2) is 52.4 Å². The smallest absolute Gasteiger partial charge is 0.208 e. The lowest BCUT2D eigenvalue weighted by Gasteiger charge is -2.29. The number of hydrogen-bond acceptors (Lipinski definition) is 4. The van der Waals surface area contributed by atoms with Gasteiger partial charge in [-0.05, 0) is 36.4 Å². The Morgan fingerprint density at radius 1 is 0.962 bits per heavy atom. The molecule has 0 amide bonds. The van der Waals surface area contributed by atoms with E-state index in [1.807, 2.05) is 18.2 Å². The topological polar surface area (TPSA) is 65.2 Å². The highest BCUT2D eigenvalue weighted by Crippen LogP contribution is 2.33. The van der Waals surface area contributed by atoms with Crippen LogP contribution in [0.4, 0.5) is 5.69 Å². The van der Waals surface area contributed by atoms with Gasteiger partial charge in [-0.2, -0.15) is 0 Å². The predicted molar refractivity (Wildman–Crippen MR) is 105 cm³/mol. The van der Waals surface area contributed by atoms with Crippen LogP contribution in [0.1, 0.15) is 0 Å². The summed E-state index contributed by atoms with van der Waals surface area (Å²) in [5.74, 6) is 0. The van der Waals surface area contributed by atoms with Crippen molar-refractivity contribution in [3.05, 3.63) is 52.6 Å². The summed E-state index contributed by atoms with van der Waals surface area (Å²) in [6.07, 6.45) is 1.52. The van der Waals surface area contributed by atoms with Crippen LogP contribution in [0.5, 0.6) is 0 Å². The third-order valence-electron chi connectivity index (χ3n) is 4.55. The van der Waals surface area contributed by atoms with E-state index in [2.05, 4.69) is 15.2 Å². The maximum atomic E-state index is 13.1. The molecule has 1 aliphatic rings. The molecule has 0 spiro atoms. The number of nitrogens with zero attached hydrogens (tertiary/aromatic N) is 1. The summed E-state index contributed by atoms with van der Waals surface area (Å²) in [6.45, 7) is 3.61. The first kappa shape index (κ1) is 17.7. The second kappa shape index (κ2) is 6.78. The lowest BCUT2D eigenvalue weighted by atomic mass is 10.2. The average Bonchev–Trinajstić information content (AvgIpc) is 3.05.